The third-order valence-electron chi connectivity index (χ3n) is 5.40. The number of aliphatic hydroxyl groups excluding tert-OH is 1. The summed E-state index contributed by atoms with van der Waals surface area (Å²) in [6, 6.07) is 5.88. The van der Waals surface area contributed by atoms with Gasteiger partial charge in [-0.1, -0.05) is 17.7 Å². The zero-order chi connectivity index (χ0) is 24.0. The summed E-state index contributed by atoms with van der Waals surface area (Å²) in [6.45, 7) is 4.88. The van der Waals surface area contributed by atoms with Crippen LogP contribution in [0.5, 0.6) is 5.75 Å². The lowest BCUT2D eigenvalue weighted by Crippen LogP contribution is -2.45. The molecule has 1 unspecified atom stereocenters. The molecule has 1 aliphatic rings. The van der Waals surface area contributed by atoms with Gasteiger partial charge < -0.3 is 14.7 Å². The van der Waals surface area contributed by atoms with E-state index >= 15 is 4.39 Å². The normalized spacial score (nSPS) is 15.7. The Labute approximate surface area is 192 Å². The molecule has 3 aromatic rings. The number of amides is 1. The van der Waals surface area contributed by atoms with Crippen LogP contribution in [0.2, 0.25) is 5.02 Å². The number of benzene rings is 2. The van der Waals surface area contributed by atoms with Gasteiger partial charge in [-0.2, -0.15) is 4.68 Å². The number of anilines is 1. The Morgan fingerprint density at radius 2 is 1.91 bits per heavy atom. The lowest BCUT2D eigenvalue weighted by Gasteiger charge is -2.37. The SMILES string of the molecule is CCn1c(CO)nn(-c2cc3c(cc2F)OC(c2c(F)cccc2Cl)C(=O)N3C(C)C)c1=O. The zero-order valence-corrected chi connectivity index (χ0v) is 18.8. The third-order valence-corrected chi connectivity index (χ3v) is 5.73. The van der Waals surface area contributed by atoms with Crippen LogP contribution in [0.4, 0.5) is 14.5 Å². The minimum absolute atomic E-state index is 0.00536. The van der Waals surface area contributed by atoms with Crippen molar-refractivity contribution in [1.82, 2.24) is 14.3 Å². The highest BCUT2D eigenvalue weighted by Crippen LogP contribution is 2.43. The first-order valence-corrected chi connectivity index (χ1v) is 10.6. The number of rotatable bonds is 5. The molecule has 0 saturated carbocycles. The summed E-state index contributed by atoms with van der Waals surface area (Å²) >= 11 is 6.15. The molecule has 33 heavy (non-hydrogen) atoms. The summed E-state index contributed by atoms with van der Waals surface area (Å²) in [6.07, 6.45) is -1.41. The van der Waals surface area contributed by atoms with Crippen LogP contribution in [0, 0.1) is 11.6 Å². The van der Waals surface area contributed by atoms with Crippen molar-refractivity contribution in [3.8, 4) is 11.4 Å². The third kappa shape index (κ3) is 3.68. The molecule has 2 aromatic carbocycles. The van der Waals surface area contributed by atoms with Crippen molar-refractivity contribution in [3.05, 3.63) is 68.9 Å². The van der Waals surface area contributed by atoms with Gasteiger partial charge in [0.05, 0.1) is 16.3 Å². The van der Waals surface area contributed by atoms with Crippen molar-refractivity contribution in [3.63, 3.8) is 0 Å². The van der Waals surface area contributed by atoms with Crippen LogP contribution < -0.4 is 15.3 Å². The van der Waals surface area contributed by atoms with Gasteiger partial charge >= 0.3 is 5.69 Å². The minimum Gasteiger partial charge on any atom is -0.473 e. The van der Waals surface area contributed by atoms with Crippen LogP contribution in [0.1, 0.15) is 38.3 Å². The standard InChI is InChI=1S/C22H21ClF2N4O4/c1-4-27-18(10-30)26-29(22(27)32)15-9-16-17(8-14(15)25)33-20(21(31)28(16)11(2)3)19-12(23)6-5-7-13(19)24/h5-9,11,20,30H,4,10H2,1-3H3. The van der Waals surface area contributed by atoms with Crippen molar-refractivity contribution >= 4 is 23.2 Å². The molecule has 0 spiro atoms. The van der Waals surface area contributed by atoms with Gasteiger partial charge in [-0.15, -0.1) is 5.10 Å². The average molecular weight is 479 g/mol. The summed E-state index contributed by atoms with van der Waals surface area (Å²) < 4.78 is 37.5. The average Bonchev–Trinajstić information content (AvgIpc) is 3.08. The molecule has 1 aromatic heterocycles. The molecule has 11 heteroatoms. The summed E-state index contributed by atoms with van der Waals surface area (Å²) in [5.41, 5.74) is -0.810. The maximum Gasteiger partial charge on any atom is 0.350 e. The summed E-state index contributed by atoms with van der Waals surface area (Å²) in [5, 5.41) is 13.5. The maximum atomic E-state index is 15.2. The molecule has 1 amide bonds. The second-order valence-electron chi connectivity index (χ2n) is 7.72. The van der Waals surface area contributed by atoms with E-state index < -0.39 is 42.0 Å². The van der Waals surface area contributed by atoms with E-state index in [1.54, 1.807) is 20.8 Å². The van der Waals surface area contributed by atoms with Crippen LogP contribution in [0.15, 0.2) is 35.1 Å². The topological polar surface area (TPSA) is 89.6 Å². The van der Waals surface area contributed by atoms with Crippen molar-refractivity contribution in [2.45, 2.75) is 46.1 Å². The predicted octanol–water partition coefficient (Wildman–Crippen LogP) is 3.35. The molecule has 8 nitrogen and oxygen atoms in total. The molecule has 174 valence electrons. The summed E-state index contributed by atoms with van der Waals surface area (Å²) in [5.74, 6) is -2.11. The number of carbonyl (C=O) groups excluding carboxylic acids is 1. The number of aliphatic hydroxyl groups is 1. The van der Waals surface area contributed by atoms with Gasteiger partial charge in [0.25, 0.3) is 5.91 Å². The second-order valence-corrected chi connectivity index (χ2v) is 8.13. The van der Waals surface area contributed by atoms with Gasteiger partial charge in [-0.3, -0.25) is 9.36 Å². The summed E-state index contributed by atoms with van der Waals surface area (Å²) in [4.78, 5) is 27.4. The first kappa shape index (κ1) is 22.9. The second kappa shape index (κ2) is 8.60. The van der Waals surface area contributed by atoms with E-state index in [4.69, 9.17) is 16.3 Å². The molecule has 0 radical (unpaired) electrons. The Morgan fingerprint density at radius 3 is 2.48 bits per heavy atom. The highest BCUT2D eigenvalue weighted by molar-refractivity contribution is 6.31. The Bertz CT molecular complexity index is 1280. The first-order chi connectivity index (χ1) is 15.7. The van der Waals surface area contributed by atoms with Gasteiger partial charge in [0.1, 0.15) is 23.9 Å². The molecule has 0 fully saturated rings. The van der Waals surface area contributed by atoms with E-state index in [1.165, 1.54) is 27.7 Å². The summed E-state index contributed by atoms with van der Waals surface area (Å²) in [7, 11) is 0. The number of fused-ring (bicyclic) bond motifs is 1. The Hall–Kier alpha value is -3.24. The van der Waals surface area contributed by atoms with Crippen LogP contribution >= 0.6 is 11.6 Å². The maximum absolute atomic E-state index is 15.2. The lowest BCUT2D eigenvalue weighted by atomic mass is 10.0. The molecule has 2 heterocycles. The quantitative estimate of drug-likeness (QED) is 0.607. The molecule has 1 N–H and O–H groups in total. The number of carbonyl (C=O) groups is 1. The van der Waals surface area contributed by atoms with Crippen LogP contribution in [0.3, 0.4) is 0 Å². The van der Waals surface area contributed by atoms with Gasteiger partial charge in [-0.05, 0) is 39.0 Å². The molecular formula is C22H21ClF2N4O4. The molecule has 0 bridgehead atoms. The van der Waals surface area contributed by atoms with E-state index in [0.717, 1.165) is 16.8 Å². The molecule has 1 aliphatic heterocycles. The Morgan fingerprint density at radius 1 is 1.18 bits per heavy atom. The lowest BCUT2D eigenvalue weighted by molar-refractivity contribution is -0.127. The van der Waals surface area contributed by atoms with Gasteiger partial charge in [0.2, 0.25) is 6.10 Å². The van der Waals surface area contributed by atoms with E-state index in [1.807, 2.05) is 0 Å². The number of ether oxygens (including phenoxy) is 1. The first-order valence-electron chi connectivity index (χ1n) is 10.3. The predicted molar refractivity (Wildman–Crippen MR) is 117 cm³/mol. The van der Waals surface area contributed by atoms with Gasteiger partial charge in [0.15, 0.2) is 11.6 Å². The van der Waals surface area contributed by atoms with Crippen molar-refractivity contribution < 1.29 is 23.4 Å². The highest BCUT2D eigenvalue weighted by Gasteiger charge is 2.40. The molecule has 0 saturated heterocycles. The molecular weight excluding hydrogens is 458 g/mol. The smallest absolute Gasteiger partial charge is 0.350 e. The fourth-order valence-electron chi connectivity index (χ4n) is 3.90. The van der Waals surface area contributed by atoms with E-state index in [2.05, 4.69) is 5.10 Å². The number of hydrogen-bond acceptors (Lipinski definition) is 5. The number of hydrogen-bond donors (Lipinski definition) is 1. The highest BCUT2D eigenvalue weighted by atomic mass is 35.5. The van der Waals surface area contributed by atoms with Crippen LogP contribution in [0.25, 0.3) is 5.69 Å². The minimum atomic E-state index is -1.41. The fourth-order valence-corrected chi connectivity index (χ4v) is 4.17. The van der Waals surface area contributed by atoms with Crippen LogP contribution in [-0.2, 0) is 17.9 Å². The largest absolute Gasteiger partial charge is 0.473 e. The van der Waals surface area contributed by atoms with Crippen LogP contribution in [-0.4, -0.2) is 31.4 Å². The van der Waals surface area contributed by atoms with Crippen molar-refractivity contribution in [2.75, 3.05) is 4.90 Å². The van der Waals surface area contributed by atoms with E-state index in [-0.39, 0.29) is 40.1 Å². The van der Waals surface area contributed by atoms with Crippen molar-refractivity contribution in [1.29, 1.82) is 0 Å². The van der Waals surface area contributed by atoms with Gasteiger partial charge in [0, 0.05) is 18.7 Å². The molecule has 4 rings (SSSR count). The van der Waals surface area contributed by atoms with E-state index in [0.29, 0.717) is 0 Å². The Kier molecular flexibility index (Phi) is 5.98. The molecule has 1 atom stereocenters. The fraction of sp³-hybridized carbons (Fsp3) is 0.318. The number of aromatic nitrogens is 3. The number of halogens is 3. The van der Waals surface area contributed by atoms with Gasteiger partial charge in [-0.25, -0.2) is 13.6 Å². The van der Waals surface area contributed by atoms with Crippen molar-refractivity contribution in [2.24, 2.45) is 0 Å². The zero-order valence-electron chi connectivity index (χ0n) is 18.1. The van der Waals surface area contributed by atoms with E-state index in [9.17, 15) is 19.1 Å². The monoisotopic (exact) mass is 478 g/mol. The molecule has 0 aliphatic carbocycles. The Balaban J connectivity index is 1.90. The number of nitrogens with zero attached hydrogens (tertiary/aromatic N) is 4.